The van der Waals surface area contributed by atoms with Crippen molar-refractivity contribution in [3.63, 3.8) is 0 Å². The Morgan fingerprint density at radius 1 is 0.828 bits per heavy atom. The van der Waals surface area contributed by atoms with Gasteiger partial charge in [0.2, 0.25) is 5.69 Å². The van der Waals surface area contributed by atoms with Gasteiger partial charge >= 0.3 is 0 Å². The van der Waals surface area contributed by atoms with Crippen LogP contribution in [0, 0.1) is 19.3 Å². The molecule has 0 N–H and O–H groups in total. The summed E-state index contributed by atoms with van der Waals surface area (Å²) in [6, 6.07) is 16.3. The Morgan fingerprint density at radius 3 is 2.38 bits per heavy atom. The van der Waals surface area contributed by atoms with Gasteiger partial charge in [0.1, 0.15) is 7.05 Å². The number of rotatable bonds is 2. The second-order valence-electron chi connectivity index (χ2n) is 8.83. The van der Waals surface area contributed by atoms with Gasteiger partial charge in [0.25, 0.3) is 0 Å². The molecule has 0 amide bonds. The number of aryl methyl sites for hydroxylation is 3. The summed E-state index contributed by atoms with van der Waals surface area (Å²) in [5.41, 5.74) is 6.73. The molecule has 5 rings (SSSR count). The van der Waals surface area contributed by atoms with E-state index in [1.807, 2.05) is 24.3 Å². The molecule has 2 aliphatic rings. The first-order valence-electron chi connectivity index (χ1n) is 12.8. The molecule has 0 radical (unpaired) electrons. The van der Waals surface area contributed by atoms with Gasteiger partial charge in [0.15, 0.2) is 6.20 Å². The molecule has 0 bridgehead atoms. The van der Waals surface area contributed by atoms with E-state index in [9.17, 15) is 0 Å². The highest BCUT2D eigenvalue weighted by atomic mass is 14.9. The van der Waals surface area contributed by atoms with E-state index < -0.39 is 18.2 Å². The third-order valence-corrected chi connectivity index (χ3v) is 6.68. The lowest BCUT2D eigenvalue weighted by atomic mass is 9.72. The Balaban J connectivity index is 1.67. The quantitative estimate of drug-likeness (QED) is 0.442. The monoisotopic (exact) mass is 386 g/mol. The molecule has 0 aliphatic heterocycles. The lowest BCUT2D eigenvalue weighted by Gasteiger charge is -2.33. The van der Waals surface area contributed by atoms with Gasteiger partial charge in [-0.2, -0.15) is 0 Å². The zero-order valence-electron chi connectivity index (χ0n) is 21.7. The smallest absolute Gasteiger partial charge is 0.201 e. The number of fused-ring (bicyclic) bond motifs is 1. The average Bonchev–Trinajstić information content (AvgIpc) is 2.91. The maximum atomic E-state index is 9.14. The van der Waals surface area contributed by atoms with E-state index in [1.165, 1.54) is 11.1 Å². The molecule has 2 aromatic carbocycles. The van der Waals surface area contributed by atoms with Crippen molar-refractivity contribution in [2.45, 2.75) is 58.7 Å². The van der Waals surface area contributed by atoms with E-state index >= 15 is 0 Å². The normalized spacial score (nSPS) is 23.0. The largest absolute Gasteiger partial charge is 0.213 e. The fraction of sp³-hybridized carbons (Fsp3) is 0.393. The lowest BCUT2D eigenvalue weighted by molar-refractivity contribution is -0.660. The number of nitrogens with zero attached hydrogens (tertiary/aromatic N) is 1. The van der Waals surface area contributed by atoms with Crippen LogP contribution in [-0.4, -0.2) is 0 Å². The van der Waals surface area contributed by atoms with E-state index in [-0.39, 0.29) is 0 Å². The van der Waals surface area contributed by atoms with E-state index in [0.29, 0.717) is 24.0 Å². The topological polar surface area (TPSA) is 3.88 Å². The fourth-order valence-corrected chi connectivity index (χ4v) is 5.10. The molecule has 1 heteroatoms. The SMILES string of the molecule is [2H]C1([2H])c2ccc(-c3cc(-c4ccccc4C)[n+](C)cc3C)cc2C([2H])([2H])C12CCCCC2. The van der Waals surface area contributed by atoms with Gasteiger partial charge in [-0.1, -0.05) is 55.7 Å². The molecule has 29 heavy (non-hydrogen) atoms. The van der Waals surface area contributed by atoms with Crippen molar-refractivity contribution in [1.29, 1.82) is 0 Å². The van der Waals surface area contributed by atoms with Gasteiger partial charge in [-0.15, -0.1) is 0 Å². The number of benzene rings is 2. The van der Waals surface area contributed by atoms with Crippen LogP contribution in [-0.2, 0) is 19.8 Å². The van der Waals surface area contributed by atoms with E-state index in [0.717, 1.165) is 41.6 Å². The van der Waals surface area contributed by atoms with Crippen molar-refractivity contribution in [3.8, 4) is 22.4 Å². The molecule has 1 heterocycles. The number of aromatic nitrogens is 1. The highest BCUT2D eigenvalue weighted by Crippen LogP contribution is 2.48. The van der Waals surface area contributed by atoms with E-state index in [4.69, 9.17) is 5.48 Å². The Morgan fingerprint density at radius 2 is 1.59 bits per heavy atom. The maximum Gasteiger partial charge on any atom is 0.213 e. The van der Waals surface area contributed by atoms with Gasteiger partial charge in [-0.05, 0) is 78.7 Å². The predicted octanol–water partition coefficient (Wildman–Crippen LogP) is 6.51. The highest BCUT2D eigenvalue weighted by molar-refractivity contribution is 5.73. The molecule has 1 saturated carbocycles. The molecule has 0 unspecified atom stereocenters. The van der Waals surface area contributed by atoms with Gasteiger partial charge in [0.05, 0.1) is 0 Å². The van der Waals surface area contributed by atoms with Crippen LogP contribution in [0.2, 0.25) is 0 Å². The van der Waals surface area contributed by atoms with Crippen LogP contribution in [0.1, 0.15) is 59.8 Å². The number of hydrogen-bond donors (Lipinski definition) is 0. The lowest BCUT2D eigenvalue weighted by Crippen LogP contribution is -2.31. The van der Waals surface area contributed by atoms with Crippen LogP contribution >= 0.6 is 0 Å². The first kappa shape index (κ1) is 14.6. The molecular formula is C28H32N+. The summed E-state index contributed by atoms with van der Waals surface area (Å²) in [6.45, 7) is 4.20. The molecular weight excluding hydrogens is 350 g/mol. The van der Waals surface area contributed by atoms with Crippen molar-refractivity contribution in [3.05, 3.63) is 77.0 Å². The van der Waals surface area contributed by atoms with Crippen LogP contribution in [0.15, 0.2) is 54.7 Å². The Labute approximate surface area is 181 Å². The van der Waals surface area contributed by atoms with Crippen molar-refractivity contribution in [2.24, 2.45) is 12.5 Å². The first-order valence-corrected chi connectivity index (χ1v) is 10.8. The fourth-order valence-electron chi connectivity index (χ4n) is 5.10. The summed E-state index contributed by atoms with van der Waals surface area (Å²) in [5, 5.41) is 0. The average molecular weight is 387 g/mol. The van der Waals surface area contributed by atoms with Crippen molar-refractivity contribution < 1.29 is 10.1 Å². The third kappa shape index (κ3) is 3.31. The van der Waals surface area contributed by atoms with Crippen molar-refractivity contribution in [1.82, 2.24) is 0 Å². The highest BCUT2D eigenvalue weighted by Gasteiger charge is 2.38. The second kappa shape index (κ2) is 7.13. The van der Waals surface area contributed by atoms with Crippen molar-refractivity contribution >= 4 is 0 Å². The van der Waals surface area contributed by atoms with E-state index in [1.54, 1.807) is 0 Å². The number of pyridine rings is 1. The van der Waals surface area contributed by atoms with Crippen LogP contribution in [0.4, 0.5) is 0 Å². The minimum atomic E-state index is -1.69. The summed E-state index contributed by atoms with van der Waals surface area (Å²) < 4.78 is 38.4. The van der Waals surface area contributed by atoms with Gasteiger partial charge in [0, 0.05) is 22.7 Å². The molecule has 148 valence electrons. The molecule has 1 aromatic heterocycles. The maximum absolute atomic E-state index is 9.14. The molecule has 1 nitrogen and oxygen atoms in total. The number of hydrogen-bond acceptors (Lipinski definition) is 0. The van der Waals surface area contributed by atoms with Gasteiger partial charge in [-0.3, -0.25) is 0 Å². The molecule has 0 saturated heterocycles. The first-order chi connectivity index (χ1) is 15.6. The van der Waals surface area contributed by atoms with Crippen LogP contribution in [0.3, 0.4) is 0 Å². The minimum Gasteiger partial charge on any atom is -0.201 e. The Hall–Kier alpha value is -2.41. The van der Waals surface area contributed by atoms with Gasteiger partial charge < -0.3 is 0 Å². The Kier molecular flexibility index (Phi) is 3.58. The molecule has 3 aromatic rings. The molecule has 1 spiro atoms. The molecule has 2 aliphatic carbocycles. The second-order valence-corrected chi connectivity index (χ2v) is 8.83. The zero-order chi connectivity index (χ0) is 23.6. The summed E-state index contributed by atoms with van der Waals surface area (Å²) in [7, 11) is 2.06. The standard InChI is InChI=1S/C28H32N/c1-20-9-5-6-10-25(20)27-16-26(21(2)19-29(27)3)22-11-12-23-17-28(18-24(23)15-22)13-7-4-8-14-28/h5-6,9-12,15-16,19H,4,7-8,13-14,17-18H2,1-3H3/q+1/i17D2,18D2. The summed E-state index contributed by atoms with van der Waals surface area (Å²) in [4.78, 5) is 0. The Bertz CT molecular complexity index is 1240. The summed E-state index contributed by atoms with van der Waals surface area (Å²) in [6.07, 6.45) is 2.85. The van der Waals surface area contributed by atoms with Crippen LogP contribution in [0.25, 0.3) is 22.4 Å². The molecule has 1 fully saturated rings. The third-order valence-electron chi connectivity index (χ3n) is 6.68. The molecule has 0 atom stereocenters. The van der Waals surface area contributed by atoms with Crippen LogP contribution < -0.4 is 4.57 Å². The van der Waals surface area contributed by atoms with Crippen molar-refractivity contribution in [2.75, 3.05) is 0 Å². The summed E-state index contributed by atoms with van der Waals surface area (Å²) in [5.74, 6) is 0. The zero-order valence-corrected chi connectivity index (χ0v) is 17.7. The van der Waals surface area contributed by atoms with E-state index in [2.05, 4.69) is 55.9 Å². The van der Waals surface area contributed by atoms with Gasteiger partial charge in [-0.25, -0.2) is 4.57 Å². The predicted molar refractivity (Wildman–Crippen MR) is 121 cm³/mol. The minimum absolute atomic E-state index is 0.538. The summed E-state index contributed by atoms with van der Waals surface area (Å²) >= 11 is 0. The van der Waals surface area contributed by atoms with Crippen LogP contribution in [0.5, 0.6) is 0 Å².